The van der Waals surface area contributed by atoms with Crippen LogP contribution in [0.1, 0.15) is 16.7 Å². The van der Waals surface area contributed by atoms with E-state index in [-0.39, 0.29) is 24.5 Å². The van der Waals surface area contributed by atoms with Crippen molar-refractivity contribution in [1.29, 1.82) is 0 Å². The standard InChI is InChI=1S/C16H17F3N2O2S.ClH/c17-16(18,19)15-4-2-1-3-13(15)11-24(22,23)21-10-9-12-5-7-14(20)8-6-12;/h1-8,21H,9-11,20H2;1H. The highest BCUT2D eigenvalue weighted by Crippen LogP contribution is 2.32. The Hall–Kier alpha value is -1.77. The Balaban J connectivity index is 0.00000312. The number of hydrogen-bond acceptors (Lipinski definition) is 3. The Kier molecular flexibility index (Phi) is 7.28. The fraction of sp³-hybridized carbons (Fsp3) is 0.250. The maximum Gasteiger partial charge on any atom is 0.416 e. The quantitative estimate of drug-likeness (QED) is 0.738. The molecule has 0 radical (unpaired) electrons. The Morgan fingerprint density at radius 2 is 1.60 bits per heavy atom. The number of anilines is 1. The maximum atomic E-state index is 12.9. The van der Waals surface area contributed by atoms with Gasteiger partial charge in [-0.15, -0.1) is 12.4 Å². The molecular weight excluding hydrogens is 377 g/mol. The molecule has 25 heavy (non-hydrogen) atoms. The van der Waals surface area contributed by atoms with Gasteiger partial charge in [-0.3, -0.25) is 0 Å². The van der Waals surface area contributed by atoms with E-state index >= 15 is 0 Å². The summed E-state index contributed by atoms with van der Waals surface area (Å²) in [5.41, 5.74) is 5.82. The maximum absolute atomic E-state index is 12.9. The zero-order chi connectivity index (χ0) is 17.8. The lowest BCUT2D eigenvalue weighted by Gasteiger charge is -2.13. The minimum atomic E-state index is -4.59. The molecule has 9 heteroatoms. The van der Waals surface area contributed by atoms with Crippen LogP contribution in [0.2, 0.25) is 0 Å². The van der Waals surface area contributed by atoms with Gasteiger partial charge >= 0.3 is 6.18 Å². The summed E-state index contributed by atoms with van der Waals surface area (Å²) in [5.74, 6) is -0.718. The SMILES string of the molecule is Cl.Nc1ccc(CCNS(=O)(=O)Cc2ccccc2C(F)(F)F)cc1. The molecule has 2 rings (SSSR count). The first-order chi connectivity index (χ1) is 11.2. The second-order valence-electron chi connectivity index (χ2n) is 5.30. The molecule has 4 nitrogen and oxygen atoms in total. The molecule has 0 aliphatic carbocycles. The van der Waals surface area contributed by atoms with Gasteiger partial charge in [-0.25, -0.2) is 13.1 Å². The number of halogens is 4. The summed E-state index contributed by atoms with van der Waals surface area (Å²) in [6, 6.07) is 11.6. The summed E-state index contributed by atoms with van der Waals surface area (Å²) in [7, 11) is -3.87. The van der Waals surface area contributed by atoms with E-state index in [2.05, 4.69) is 4.72 Å². The van der Waals surface area contributed by atoms with Crippen LogP contribution < -0.4 is 10.5 Å². The molecule has 0 bridgehead atoms. The van der Waals surface area contributed by atoms with Crippen LogP contribution in [0.5, 0.6) is 0 Å². The molecule has 0 saturated carbocycles. The lowest BCUT2D eigenvalue weighted by Crippen LogP contribution is -2.28. The normalized spacial score (nSPS) is 11.8. The van der Waals surface area contributed by atoms with Crippen molar-refractivity contribution in [1.82, 2.24) is 4.72 Å². The summed E-state index contributed by atoms with van der Waals surface area (Å²) in [4.78, 5) is 0. The largest absolute Gasteiger partial charge is 0.416 e. The first-order valence-electron chi connectivity index (χ1n) is 7.14. The molecule has 0 amide bonds. The van der Waals surface area contributed by atoms with E-state index in [1.165, 1.54) is 18.2 Å². The number of sulfonamides is 1. The van der Waals surface area contributed by atoms with Crippen molar-refractivity contribution in [3.8, 4) is 0 Å². The fourth-order valence-electron chi connectivity index (χ4n) is 2.21. The number of benzene rings is 2. The Morgan fingerprint density at radius 1 is 1.00 bits per heavy atom. The minimum absolute atomic E-state index is 0. The third kappa shape index (κ3) is 6.56. The molecule has 0 heterocycles. The van der Waals surface area contributed by atoms with Crippen LogP contribution in [0.3, 0.4) is 0 Å². The van der Waals surface area contributed by atoms with Gasteiger partial charge in [0.05, 0.1) is 11.3 Å². The molecule has 0 saturated heterocycles. The summed E-state index contributed by atoms with van der Waals surface area (Å²) < 4.78 is 65.1. The summed E-state index contributed by atoms with van der Waals surface area (Å²) in [6.45, 7) is 0.0977. The molecular formula is C16H18ClF3N2O2S. The Morgan fingerprint density at radius 3 is 2.20 bits per heavy atom. The van der Waals surface area contributed by atoms with Crippen molar-refractivity contribution in [2.45, 2.75) is 18.3 Å². The second-order valence-corrected chi connectivity index (χ2v) is 7.11. The van der Waals surface area contributed by atoms with Gasteiger partial charge in [0, 0.05) is 12.2 Å². The summed E-state index contributed by atoms with van der Waals surface area (Å²) in [6.07, 6.45) is -4.17. The van der Waals surface area contributed by atoms with Crippen molar-refractivity contribution >= 4 is 28.1 Å². The van der Waals surface area contributed by atoms with Gasteiger partial charge in [0.1, 0.15) is 0 Å². The number of hydrogen-bond donors (Lipinski definition) is 2. The molecule has 0 fully saturated rings. The van der Waals surface area contributed by atoms with E-state index in [0.717, 1.165) is 11.6 Å². The third-order valence-electron chi connectivity index (χ3n) is 3.38. The van der Waals surface area contributed by atoms with Crippen molar-refractivity contribution in [3.05, 3.63) is 65.2 Å². The van der Waals surface area contributed by atoms with E-state index in [1.807, 2.05) is 0 Å². The summed E-state index contributed by atoms with van der Waals surface area (Å²) >= 11 is 0. The monoisotopic (exact) mass is 394 g/mol. The highest BCUT2D eigenvalue weighted by Gasteiger charge is 2.33. The van der Waals surface area contributed by atoms with Crippen LogP contribution in [-0.2, 0) is 28.4 Å². The molecule has 0 aromatic heterocycles. The van der Waals surface area contributed by atoms with Gasteiger partial charge in [0.25, 0.3) is 0 Å². The molecule has 0 spiro atoms. The molecule has 3 N–H and O–H groups in total. The molecule has 0 aliphatic heterocycles. The number of nitrogen functional groups attached to an aromatic ring is 1. The van der Waals surface area contributed by atoms with E-state index in [0.29, 0.717) is 12.1 Å². The van der Waals surface area contributed by atoms with Crippen LogP contribution in [0.4, 0.5) is 18.9 Å². The average Bonchev–Trinajstić information content (AvgIpc) is 2.48. The molecule has 0 atom stereocenters. The molecule has 0 unspecified atom stereocenters. The van der Waals surface area contributed by atoms with Crippen LogP contribution in [0, 0.1) is 0 Å². The zero-order valence-electron chi connectivity index (χ0n) is 13.1. The lowest BCUT2D eigenvalue weighted by atomic mass is 10.1. The van der Waals surface area contributed by atoms with Gasteiger partial charge in [-0.05, 0) is 35.7 Å². The van der Waals surface area contributed by atoms with Crippen LogP contribution in [0.15, 0.2) is 48.5 Å². The van der Waals surface area contributed by atoms with Gasteiger partial charge in [-0.2, -0.15) is 13.2 Å². The van der Waals surface area contributed by atoms with Crippen LogP contribution in [0.25, 0.3) is 0 Å². The Bertz CT molecular complexity index is 794. The molecule has 138 valence electrons. The number of alkyl halides is 3. The van der Waals surface area contributed by atoms with Crippen molar-refractivity contribution < 1.29 is 21.6 Å². The Labute approximate surface area is 150 Å². The van der Waals surface area contributed by atoms with E-state index in [1.54, 1.807) is 24.3 Å². The van der Waals surface area contributed by atoms with Crippen molar-refractivity contribution in [2.24, 2.45) is 0 Å². The second kappa shape index (κ2) is 8.55. The molecule has 0 aliphatic rings. The highest BCUT2D eigenvalue weighted by molar-refractivity contribution is 7.88. The molecule has 2 aromatic carbocycles. The third-order valence-corrected chi connectivity index (χ3v) is 4.72. The lowest BCUT2D eigenvalue weighted by molar-refractivity contribution is -0.138. The van der Waals surface area contributed by atoms with E-state index in [9.17, 15) is 21.6 Å². The number of rotatable bonds is 6. The van der Waals surface area contributed by atoms with Gasteiger partial charge < -0.3 is 5.73 Å². The predicted octanol–water partition coefficient (Wildman–Crippen LogP) is 3.37. The smallest absolute Gasteiger partial charge is 0.399 e. The molecule has 2 aromatic rings. The first kappa shape index (κ1) is 21.3. The van der Waals surface area contributed by atoms with Crippen molar-refractivity contribution in [3.63, 3.8) is 0 Å². The first-order valence-corrected chi connectivity index (χ1v) is 8.79. The topological polar surface area (TPSA) is 72.2 Å². The summed E-state index contributed by atoms with van der Waals surface area (Å²) in [5, 5.41) is 0. The highest BCUT2D eigenvalue weighted by atomic mass is 35.5. The predicted molar refractivity (Wildman–Crippen MR) is 93.9 cm³/mol. The minimum Gasteiger partial charge on any atom is -0.399 e. The van der Waals surface area contributed by atoms with Crippen LogP contribution >= 0.6 is 12.4 Å². The van der Waals surface area contributed by atoms with Gasteiger partial charge in [0.15, 0.2) is 0 Å². The van der Waals surface area contributed by atoms with Gasteiger partial charge in [0.2, 0.25) is 10.0 Å². The average molecular weight is 395 g/mol. The number of nitrogens with one attached hydrogen (secondary N) is 1. The van der Waals surface area contributed by atoms with Crippen LogP contribution in [-0.4, -0.2) is 15.0 Å². The van der Waals surface area contributed by atoms with E-state index in [4.69, 9.17) is 5.73 Å². The van der Waals surface area contributed by atoms with Gasteiger partial charge in [-0.1, -0.05) is 30.3 Å². The fourth-order valence-corrected chi connectivity index (χ4v) is 3.39. The zero-order valence-corrected chi connectivity index (χ0v) is 14.7. The van der Waals surface area contributed by atoms with Crippen molar-refractivity contribution in [2.75, 3.05) is 12.3 Å². The number of nitrogens with two attached hydrogens (primary N) is 1. The van der Waals surface area contributed by atoms with E-state index < -0.39 is 27.5 Å².